The fourth-order valence-electron chi connectivity index (χ4n) is 1.99. The van der Waals surface area contributed by atoms with Crippen LogP contribution in [0.1, 0.15) is 36.7 Å². The van der Waals surface area contributed by atoms with Crippen molar-refractivity contribution in [2.24, 2.45) is 5.92 Å². The summed E-state index contributed by atoms with van der Waals surface area (Å²) in [5.74, 6) is 0.742. The fourth-order valence-corrected chi connectivity index (χ4v) is 1.99. The molecule has 1 aromatic rings. The fraction of sp³-hybridized carbons (Fsp3) is 0.571. The zero-order valence-electron chi connectivity index (χ0n) is 11.1. The molecule has 18 heavy (non-hydrogen) atoms. The van der Waals surface area contributed by atoms with Crippen molar-refractivity contribution >= 4 is 11.6 Å². The number of rotatable bonds is 5. The molecule has 0 bridgehead atoms. The summed E-state index contributed by atoms with van der Waals surface area (Å²) in [6.07, 6.45) is 5.60. The van der Waals surface area contributed by atoms with Gasteiger partial charge in [-0.15, -0.1) is 0 Å². The van der Waals surface area contributed by atoms with Gasteiger partial charge in [0.2, 0.25) is 0 Å². The van der Waals surface area contributed by atoms with Crippen molar-refractivity contribution < 1.29 is 4.79 Å². The van der Waals surface area contributed by atoms with Gasteiger partial charge in [-0.2, -0.15) is 0 Å². The molecule has 4 nitrogen and oxygen atoms in total. The van der Waals surface area contributed by atoms with Crippen LogP contribution in [-0.4, -0.2) is 35.9 Å². The van der Waals surface area contributed by atoms with Crippen molar-refractivity contribution in [3.8, 4) is 0 Å². The molecule has 1 aliphatic carbocycles. The van der Waals surface area contributed by atoms with E-state index < -0.39 is 0 Å². The second-order valence-corrected chi connectivity index (χ2v) is 4.90. The van der Waals surface area contributed by atoms with Crippen molar-refractivity contribution in [2.45, 2.75) is 26.2 Å². The molecule has 0 unspecified atom stereocenters. The zero-order valence-corrected chi connectivity index (χ0v) is 11.1. The molecule has 0 spiro atoms. The van der Waals surface area contributed by atoms with E-state index >= 15 is 0 Å². The SMILES string of the molecule is CCN(C)C(=O)c1ncccc1NCC1CCC1. The topological polar surface area (TPSA) is 45.2 Å². The first kappa shape index (κ1) is 12.9. The summed E-state index contributed by atoms with van der Waals surface area (Å²) >= 11 is 0. The van der Waals surface area contributed by atoms with Gasteiger partial charge in [-0.3, -0.25) is 4.79 Å². The molecule has 1 amide bonds. The molecule has 0 saturated heterocycles. The van der Waals surface area contributed by atoms with Crippen molar-refractivity contribution in [3.63, 3.8) is 0 Å². The molecule has 1 N–H and O–H groups in total. The molecule has 0 radical (unpaired) electrons. The predicted molar refractivity (Wildman–Crippen MR) is 72.7 cm³/mol. The van der Waals surface area contributed by atoms with Gasteiger partial charge in [0, 0.05) is 26.3 Å². The summed E-state index contributed by atoms with van der Waals surface area (Å²) in [4.78, 5) is 18.0. The minimum atomic E-state index is -0.0193. The number of anilines is 1. The Bertz CT molecular complexity index is 415. The van der Waals surface area contributed by atoms with E-state index in [-0.39, 0.29) is 5.91 Å². The molecule has 1 heterocycles. The second kappa shape index (κ2) is 5.85. The molecule has 0 aromatic carbocycles. The number of pyridine rings is 1. The number of amides is 1. The van der Waals surface area contributed by atoms with Crippen LogP contribution in [0.25, 0.3) is 0 Å². The van der Waals surface area contributed by atoms with Crippen LogP contribution in [0.2, 0.25) is 0 Å². The lowest BCUT2D eigenvalue weighted by molar-refractivity contribution is 0.0797. The van der Waals surface area contributed by atoms with Crippen LogP contribution in [0, 0.1) is 5.92 Å². The normalized spacial score (nSPS) is 15.0. The first-order valence-electron chi connectivity index (χ1n) is 6.66. The number of aromatic nitrogens is 1. The Balaban J connectivity index is 2.06. The maximum absolute atomic E-state index is 12.1. The van der Waals surface area contributed by atoms with Crippen molar-refractivity contribution in [3.05, 3.63) is 24.0 Å². The summed E-state index contributed by atoms with van der Waals surface area (Å²) < 4.78 is 0. The minimum absolute atomic E-state index is 0.0193. The predicted octanol–water partition coefficient (Wildman–Crippen LogP) is 2.39. The number of carbonyl (C=O) groups excluding carboxylic acids is 1. The Morgan fingerprint density at radius 2 is 2.33 bits per heavy atom. The smallest absolute Gasteiger partial charge is 0.274 e. The zero-order chi connectivity index (χ0) is 13.0. The Morgan fingerprint density at radius 3 is 2.94 bits per heavy atom. The molecule has 0 aliphatic heterocycles. The highest BCUT2D eigenvalue weighted by Gasteiger charge is 2.19. The van der Waals surface area contributed by atoms with Gasteiger partial charge in [0.15, 0.2) is 5.69 Å². The maximum atomic E-state index is 12.1. The highest BCUT2D eigenvalue weighted by Crippen LogP contribution is 2.27. The van der Waals surface area contributed by atoms with Gasteiger partial charge in [-0.1, -0.05) is 6.42 Å². The van der Waals surface area contributed by atoms with E-state index in [0.29, 0.717) is 12.2 Å². The van der Waals surface area contributed by atoms with Crippen molar-refractivity contribution in [1.82, 2.24) is 9.88 Å². The average Bonchev–Trinajstić information content (AvgIpc) is 2.35. The summed E-state index contributed by atoms with van der Waals surface area (Å²) in [6.45, 7) is 3.60. The lowest BCUT2D eigenvalue weighted by Gasteiger charge is -2.26. The lowest BCUT2D eigenvalue weighted by atomic mass is 9.85. The van der Waals surface area contributed by atoms with Crippen molar-refractivity contribution in [2.75, 3.05) is 25.5 Å². The van der Waals surface area contributed by atoms with Crippen LogP contribution in [0.4, 0.5) is 5.69 Å². The molecule has 4 heteroatoms. The van der Waals surface area contributed by atoms with Crippen LogP contribution in [-0.2, 0) is 0 Å². The molecular weight excluding hydrogens is 226 g/mol. The van der Waals surface area contributed by atoms with Gasteiger partial charge < -0.3 is 10.2 Å². The highest BCUT2D eigenvalue weighted by atomic mass is 16.2. The van der Waals surface area contributed by atoms with Crippen LogP contribution in [0.3, 0.4) is 0 Å². The number of hydrogen-bond acceptors (Lipinski definition) is 3. The van der Waals surface area contributed by atoms with E-state index in [2.05, 4.69) is 10.3 Å². The number of hydrogen-bond donors (Lipinski definition) is 1. The van der Waals surface area contributed by atoms with Crippen molar-refractivity contribution in [1.29, 1.82) is 0 Å². The van der Waals surface area contributed by atoms with Gasteiger partial charge in [0.25, 0.3) is 5.91 Å². The van der Waals surface area contributed by atoms with Gasteiger partial charge in [-0.05, 0) is 37.8 Å². The highest BCUT2D eigenvalue weighted by molar-refractivity contribution is 5.97. The van der Waals surface area contributed by atoms with Crippen LogP contribution < -0.4 is 5.32 Å². The number of nitrogens with zero attached hydrogens (tertiary/aromatic N) is 2. The van der Waals surface area contributed by atoms with Gasteiger partial charge in [0.05, 0.1) is 5.69 Å². The third-order valence-corrected chi connectivity index (χ3v) is 3.64. The first-order chi connectivity index (χ1) is 8.72. The third-order valence-electron chi connectivity index (χ3n) is 3.64. The van der Waals surface area contributed by atoms with Gasteiger partial charge in [0.1, 0.15) is 0 Å². The third kappa shape index (κ3) is 2.81. The van der Waals surface area contributed by atoms with E-state index in [1.165, 1.54) is 19.3 Å². The van der Waals surface area contributed by atoms with E-state index in [0.717, 1.165) is 18.2 Å². The molecule has 1 aromatic heterocycles. The lowest BCUT2D eigenvalue weighted by Crippen LogP contribution is -2.29. The van der Waals surface area contributed by atoms with Gasteiger partial charge >= 0.3 is 0 Å². The largest absolute Gasteiger partial charge is 0.383 e. The number of nitrogens with one attached hydrogen (secondary N) is 1. The second-order valence-electron chi connectivity index (χ2n) is 4.90. The Labute approximate surface area is 108 Å². The molecule has 1 aliphatic rings. The quantitative estimate of drug-likeness (QED) is 0.869. The molecule has 98 valence electrons. The minimum Gasteiger partial charge on any atom is -0.383 e. The Kier molecular flexibility index (Phi) is 4.18. The van der Waals surface area contributed by atoms with Crippen LogP contribution >= 0.6 is 0 Å². The summed E-state index contributed by atoms with van der Waals surface area (Å²) in [5, 5.41) is 3.37. The monoisotopic (exact) mass is 247 g/mol. The number of carbonyl (C=O) groups is 1. The van der Waals surface area contributed by atoms with E-state index in [1.54, 1.807) is 18.1 Å². The first-order valence-corrected chi connectivity index (χ1v) is 6.66. The van der Waals surface area contributed by atoms with Gasteiger partial charge in [-0.25, -0.2) is 4.98 Å². The molecule has 1 fully saturated rings. The van der Waals surface area contributed by atoms with E-state index in [9.17, 15) is 4.79 Å². The molecule has 2 rings (SSSR count). The maximum Gasteiger partial charge on any atom is 0.274 e. The van der Waals surface area contributed by atoms with Crippen LogP contribution in [0.15, 0.2) is 18.3 Å². The standard InChI is InChI=1S/C14H21N3O/c1-3-17(2)14(18)13-12(8-5-9-15-13)16-10-11-6-4-7-11/h5,8-9,11,16H,3-4,6-7,10H2,1-2H3. The summed E-state index contributed by atoms with van der Waals surface area (Å²) in [5.41, 5.74) is 1.39. The van der Waals surface area contributed by atoms with E-state index in [4.69, 9.17) is 0 Å². The van der Waals surface area contributed by atoms with Crippen LogP contribution in [0.5, 0.6) is 0 Å². The summed E-state index contributed by atoms with van der Waals surface area (Å²) in [7, 11) is 1.80. The Hall–Kier alpha value is -1.58. The van der Waals surface area contributed by atoms with E-state index in [1.807, 2.05) is 19.1 Å². The summed E-state index contributed by atoms with van der Waals surface area (Å²) in [6, 6.07) is 3.80. The molecule has 0 atom stereocenters. The average molecular weight is 247 g/mol. The molecular formula is C14H21N3O. The Morgan fingerprint density at radius 1 is 1.56 bits per heavy atom. The molecule has 1 saturated carbocycles.